The van der Waals surface area contributed by atoms with Gasteiger partial charge < -0.3 is 25.2 Å². The highest BCUT2D eigenvalue weighted by Gasteiger charge is 2.22. The van der Waals surface area contributed by atoms with Crippen LogP contribution in [-0.4, -0.2) is 47.7 Å². The van der Waals surface area contributed by atoms with Crippen molar-refractivity contribution in [3.05, 3.63) is 88.4 Å². The second kappa shape index (κ2) is 16.4. The quantitative estimate of drug-likeness (QED) is 0.138. The molecule has 0 aliphatic carbocycles. The van der Waals surface area contributed by atoms with Gasteiger partial charge in [-0.3, -0.25) is 14.4 Å². The second-order valence-electron chi connectivity index (χ2n) is 10.9. The van der Waals surface area contributed by atoms with Gasteiger partial charge in [0, 0.05) is 24.2 Å². The normalized spacial score (nSPS) is 12.9. The molecule has 0 fully saturated rings. The number of nitrogens with zero attached hydrogens (tertiary/aromatic N) is 1. The first-order valence-electron chi connectivity index (χ1n) is 15.2. The fourth-order valence-corrected chi connectivity index (χ4v) is 4.91. The molecule has 1 atom stereocenters. The number of ether oxygens (including phenoxy) is 2. The maximum Gasteiger partial charge on any atom is 0.308 e. The topological polar surface area (TPSA) is 127 Å². The van der Waals surface area contributed by atoms with E-state index in [1.54, 1.807) is 18.2 Å². The molecule has 0 unspecified atom stereocenters. The molecular formula is C34H40FN3O6. The van der Waals surface area contributed by atoms with E-state index in [9.17, 15) is 18.8 Å². The third-order valence-corrected chi connectivity index (χ3v) is 7.43. The smallest absolute Gasteiger partial charge is 0.308 e. The molecule has 2 aromatic carbocycles. The molecule has 3 N–H and O–H groups in total. The summed E-state index contributed by atoms with van der Waals surface area (Å²) in [4.78, 5) is 41.2. The second-order valence-corrected chi connectivity index (χ2v) is 10.9. The van der Waals surface area contributed by atoms with Crippen LogP contribution < -0.4 is 15.4 Å². The minimum atomic E-state index is -0.955. The molecule has 3 aromatic rings. The summed E-state index contributed by atoms with van der Waals surface area (Å²) in [5, 5.41) is 15.0. The first-order chi connectivity index (χ1) is 21.3. The van der Waals surface area contributed by atoms with Gasteiger partial charge in [0.25, 0.3) is 5.91 Å². The van der Waals surface area contributed by atoms with Gasteiger partial charge in [-0.25, -0.2) is 9.37 Å². The van der Waals surface area contributed by atoms with Crippen molar-refractivity contribution in [1.29, 1.82) is 0 Å². The number of fused-ring (bicyclic) bond motifs is 1. The SMILES string of the molecule is CCCCOC(=O)C[C@H](NC(=O)c1ccc(CCc2ccc3c(n2)NCCC3)cc1)c1ccc(OCCCC(=O)O)c(F)c1. The minimum Gasteiger partial charge on any atom is -0.491 e. The number of hydrogen-bond acceptors (Lipinski definition) is 7. The molecule has 1 amide bonds. The summed E-state index contributed by atoms with van der Waals surface area (Å²) >= 11 is 0. The zero-order valence-corrected chi connectivity index (χ0v) is 25.1. The minimum absolute atomic E-state index is 0.0350. The number of nitrogens with one attached hydrogen (secondary N) is 2. The number of aliphatic carboxylic acids is 1. The number of hydrogen-bond donors (Lipinski definition) is 3. The van der Waals surface area contributed by atoms with Crippen LogP contribution in [0, 0.1) is 5.82 Å². The van der Waals surface area contributed by atoms with Gasteiger partial charge >= 0.3 is 11.9 Å². The average Bonchev–Trinajstić information content (AvgIpc) is 3.02. The molecule has 9 nitrogen and oxygen atoms in total. The summed E-state index contributed by atoms with van der Waals surface area (Å²) in [6, 6.07) is 14.8. The highest BCUT2D eigenvalue weighted by molar-refractivity contribution is 5.94. The lowest BCUT2D eigenvalue weighted by molar-refractivity contribution is -0.144. The summed E-state index contributed by atoms with van der Waals surface area (Å²) in [5.41, 5.74) is 4.12. The van der Waals surface area contributed by atoms with Gasteiger partial charge in [-0.05, 0) is 85.5 Å². The monoisotopic (exact) mass is 605 g/mol. The molecule has 4 rings (SSSR count). The number of rotatable bonds is 16. The van der Waals surface area contributed by atoms with Crippen LogP contribution in [0.25, 0.3) is 0 Å². The Kier molecular flexibility index (Phi) is 12.1. The van der Waals surface area contributed by atoms with Crippen molar-refractivity contribution in [3.8, 4) is 5.75 Å². The molecule has 0 saturated carbocycles. The van der Waals surface area contributed by atoms with Crippen LogP contribution in [-0.2, 0) is 33.6 Å². The number of aryl methyl sites for hydroxylation is 3. The number of carbonyl (C=O) groups is 3. The molecule has 0 radical (unpaired) electrons. The molecule has 10 heteroatoms. The Balaban J connectivity index is 1.39. The van der Waals surface area contributed by atoms with E-state index in [1.807, 2.05) is 19.1 Å². The van der Waals surface area contributed by atoms with E-state index < -0.39 is 29.7 Å². The van der Waals surface area contributed by atoms with Gasteiger partial charge in [-0.1, -0.05) is 37.6 Å². The van der Waals surface area contributed by atoms with Gasteiger partial charge in [-0.2, -0.15) is 0 Å². The van der Waals surface area contributed by atoms with Crippen molar-refractivity contribution in [2.75, 3.05) is 25.1 Å². The van der Waals surface area contributed by atoms with Gasteiger partial charge in [0.05, 0.1) is 25.7 Å². The predicted octanol–water partition coefficient (Wildman–Crippen LogP) is 5.81. The van der Waals surface area contributed by atoms with Gasteiger partial charge in [-0.15, -0.1) is 0 Å². The van der Waals surface area contributed by atoms with Gasteiger partial charge in [0.2, 0.25) is 0 Å². The summed E-state index contributed by atoms with van der Waals surface area (Å²) in [6.45, 7) is 3.24. The van der Waals surface area contributed by atoms with Crippen LogP contribution in [0.5, 0.6) is 5.75 Å². The Labute approximate surface area is 257 Å². The number of carboxylic acids is 1. The van der Waals surface area contributed by atoms with Gasteiger partial charge in [0.1, 0.15) is 5.82 Å². The number of anilines is 1. The number of carbonyl (C=O) groups excluding carboxylic acids is 2. The van der Waals surface area contributed by atoms with Crippen molar-refractivity contribution in [2.45, 2.75) is 70.8 Å². The Hall–Kier alpha value is -4.47. The molecule has 0 bridgehead atoms. The molecule has 1 aliphatic heterocycles. The number of pyridine rings is 1. The van der Waals surface area contributed by atoms with Crippen molar-refractivity contribution < 1.29 is 33.4 Å². The zero-order valence-electron chi connectivity index (χ0n) is 25.1. The van der Waals surface area contributed by atoms with Crippen molar-refractivity contribution in [1.82, 2.24) is 10.3 Å². The summed E-state index contributed by atoms with van der Waals surface area (Å²) in [5.74, 6) is -1.60. The lowest BCUT2D eigenvalue weighted by Crippen LogP contribution is -2.30. The van der Waals surface area contributed by atoms with E-state index >= 15 is 0 Å². The highest BCUT2D eigenvalue weighted by Crippen LogP contribution is 2.26. The van der Waals surface area contributed by atoms with Crippen LogP contribution >= 0.6 is 0 Å². The molecule has 0 saturated heterocycles. The number of unbranched alkanes of at least 4 members (excludes halogenated alkanes) is 1. The van der Waals surface area contributed by atoms with Crippen LogP contribution in [0.15, 0.2) is 54.6 Å². The Morgan fingerprint density at radius 2 is 1.86 bits per heavy atom. The maximum absolute atomic E-state index is 14.9. The number of halogens is 1. The maximum atomic E-state index is 14.9. The Bertz CT molecular complexity index is 1430. The lowest BCUT2D eigenvalue weighted by atomic mass is 10.0. The van der Waals surface area contributed by atoms with Crippen LogP contribution in [0.4, 0.5) is 10.2 Å². The summed E-state index contributed by atoms with van der Waals surface area (Å²) in [7, 11) is 0. The molecule has 0 spiro atoms. The van der Waals surface area contributed by atoms with E-state index in [2.05, 4.69) is 22.8 Å². The van der Waals surface area contributed by atoms with Crippen molar-refractivity contribution in [2.24, 2.45) is 0 Å². The largest absolute Gasteiger partial charge is 0.491 e. The van der Waals surface area contributed by atoms with E-state index in [0.29, 0.717) is 11.1 Å². The van der Waals surface area contributed by atoms with Gasteiger partial charge in [0.15, 0.2) is 11.6 Å². The fourth-order valence-electron chi connectivity index (χ4n) is 4.91. The zero-order chi connectivity index (χ0) is 31.3. The van der Waals surface area contributed by atoms with Crippen LogP contribution in [0.3, 0.4) is 0 Å². The molecule has 1 aliphatic rings. The molecule has 44 heavy (non-hydrogen) atoms. The predicted molar refractivity (Wildman–Crippen MR) is 164 cm³/mol. The average molecular weight is 606 g/mol. The summed E-state index contributed by atoms with van der Waals surface area (Å²) in [6.07, 6.45) is 5.27. The van der Waals surface area contributed by atoms with E-state index in [0.717, 1.165) is 62.1 Å². The number of benzene rings is 2. The molecular weight excluding hydrogens is 565 g/mol. The Morgan fingerprint density at radius 1 is 1.05 bits per heavy atom. The number of carboxylic acid groups (broad SMARTS) is 1. The van der Waals surface area contributed by atoms with Crippen LogP contribution in [0.2, 0.25) is 0 Å². The number of amides is 1. The first-order valence-corrected chi connectivity index (χ1v) is 15.2. The standard InChI is InChI=1S/C34H40FN3O6/c1-2-3-19-44-32(41)22-29(26-14-17-30(28(35)21-26)43-20-5-7-31(39)40)38-34(42)25-11-8-23(9-12-25)10-15-27-16-13-24-6-4-18-36-33(24)37-27/h8-9,11-14,16-17,21,29H,2-7,10,15,18-20,22H2,1H3,(H,36,37)(H,38,42)(H,39,40)/t29-/m0/s1. The van der Waals surface area contributed by atoms with Crippen LogP contribution in [0.1, 0.15) is 84.2 Å². The van der Waals surface area contributed by atoms with E-state index in [1.165, 1.54) is 17.7 Å². The van der Waals surface area contributed by atoms with E-state index in [4.69, 9.17) is 19.6 Å². The highest BCUT2D eigenvalue weighted by atomic mass is 19.1. The lowest BCUT2D eigenvalue weighted by Gasteiger charge is -2.20. The molecule has 234 valence electrons. The number of aromatic nitrogens is 1. The third kappa shape index (κ3) is 9.79. The molecule has 1 aromatic heterocycles. The third-order valence-electron chi connectivity index (χ3n) is 7.43. The first kappa shape index (κ1) is 32.4. The number of esters is 1. The molecule has 2 heterocycles. The Morgan fingerprint density at radius 3 is 2.61 bits per heavy atom. The van der Waals surface area contributed by atoms with Crippen molar-refractivity contribution in [3.63, 3.8) is 0 Å². The van der Waals surface area contributed by atoms with E-state index in [-0.39, 0.29) is 38.2 Å². The fraction of sp³-hybridized carbons (Fsp3) is 0.412. The van der Waals surface area contributed by atoms with Crippen molar-refractivity contribution >= 4 is 23.7 Å². The summed E-state index contributed by atoms with van der Waals surface area (Å²) < 4.78 is 25.6.